The number of piperidine rings is 1. The molecule has 2 rings (SSSR count). The molecule has 0 aromatic rings. The van der Waals surface area contributed by atoms with Crippen molar-refractivity contribution in [2.24, 2.45) is 5.92 Å². The summed E-state index contributed by atoms with van der Waals surface area (Å²) in [4.78, 5) is 0. The smallest absolute Gasteiger partial charge is 0.279 e. The third-order valence-electron chi connectivity index (χ3n) is 4.84. The van der Waals surface area contributed by atoms with Gasteiger partial charge in [-0.05, 0) is 38.5 Å². The van der Waals surface area contributed by atoms with E-state index in [4.69, 9.17) is 0 Å². The van der Waals surface area contributed by atoms with Gasteiger partial charge in [-0.1, -0.05) is 26.7 Å². The zero-order valence-electron chi connectivity index (χ0n) is 13.6. The maximum absolute atomic E-state index is 12.7. The summed E-state index contributed by atoms with van der Waals surface area (Å²) < 4.78 is 30.0. The van der Waals surface area contributed by atoms with E-state index in [-0.39, 0.29) is 12.1 Å². The van der Waals surface area contributed by atoms with Crippen molar-refractivity contribution in [3.8, 4) is 0 Å². The van der Waals surface area contributed by atoms with Gasteiger partial charge in [-0.15, -0.1) is 0 Å². The number of nitrogens with zero attached hydrogens (tertiary/aromatic N) is 1. The Morgan fingerprint density at radius 2 is 1.81 bits per heavy atom. The second-order valence-electron chi connectivity index (χ2n) is 6.93. The largest absolute Gasteiger partial charge is 0.313 e. The molecule has 1 heterocycles. The summed E-state index contributed by atoms with van der Waals surface area (Å²) in [5, 5.41) is 3.38. The average molecular weight is 317 g/mol. The van der Waals surface area contributed by atoms with E-state index in [1.807, 2.05) is 6.92 Å². The minimum Gasteiger partial charge on any atom is -0.313 e. The predicted octanol–water partition coefficient (Wildman–Crippen LogP) is 1.86. The molecule has 2 fully saturated rings. The summed E-state index contributed by atoms with van der Waals surface area (Å²) in [5.41, 5.74) is 0. The monoisotopic (exact) mass is 317 g/mol. The molecule has 2 aliphatic rings. The van der Waals surface area contributed by atoms with Gasteiger partial charge in [0.25, 0.3) is 10.2 Å². The average Bonchev–Trinajstić information content (AvgIpc) is 2.33. The summed E-state index contributed by atoms with van der Waals surface area (Å²) in [6.45, 7) is 7.59. The summed E-state index contributed by atoms with van der Waals surface area (Å²) in [7, 11) is -3.36. The van der Waals surface area contributed by atoms with Gasteiger partial charge in [-0.3, -0.25) is 0 Å². The van der Waals surface area contributed by atoms with Gasteiger partial charge < -0.3 is 5.32 Å². The highest BCUT2D eigenvalue weighted by atomic mass is 32.2. The molecule has 1 saturated carbocycles. The first-order valence-electron chi connectivity index (χ1n) is 8.42. The van der Waals surface area contributed by atoms with Crippen molar-refractivity contribution < 1.29 is 8.42 Å². The molecule has 0 radical (unpaired) electrons. The third-order valence-corrected chi connectivity index (χ3v) is 6.60. The zero-order valence-corrected chi connectivity index (χ0v) is 14.5. The molecule has 5 nitrogen and oxygen atoms in total. The molecule has 21 heavy (non-hydrogen) atoms. The van der Waals surface area contributed by atoms with E-state index in [1.165, 1.54) is 6.42 Å². The fourth-order valence-electron chi connectivity index (χ4n) is 3.20. The Kier molecular flexibility index (Phi) is 6.05. The zero-order chi connectivity index (χ0) is 15.5. The Labute approximate surface area is 130 Å². The molecular formula is C15H31N3O2S. The van der Waals surface area contributed by atoms with Crippen LogP contribution in [-0.2, 0) is 10.2 Å². The molecule has 6 heteroatoms. The Morgan fingerprint density at radius 3 is 2.38 bits per heavy atom. The molecule has 0 aromatic carbocycles. The van der Waals surface area contributed by atoms with E-state index in [0.29, 0.717) is 18.5 Å². The van der Waals surface area contributed by atoms with Gasteiger partial charge in [0, 0.05) is 31.2 Å². The minimum absolute atomic E-state index is 0.0596. The van der Waals surface area contributed by atoms with Crippen LogP contribution in [-0.4, -0.2) is 43.9 Å². The standard InChI is InChI=1S/C15H31N3O2S/c1-12(2)16-11-15-9-4-5-10-18(15)21(19,20)17-13(3)14-7-6-8-14/h12-17H,4-11H2,1-3H3. The van der Waals surface area contributed by atoms with E-state index >= 15 is 0 Å². The third kappa shape index (κ3) is 4.65. The van der Waals surface area contributed by atoms with Crippen LogP contribution in [0.3, 0.4) is 0 Å². The van der Waals surface area contributed by atoms with E-state index < -0.39 is 10.2 Å². The molecule has 2 N–H and O–H groups in total. The maximum Gasteiger partial charge on any atom is 0.279 e. The molecule has 1 aliphatic carbocycles. The Balaban J connectivity index is 1.97. The predicted molar refractivity (Wildman–Crippen MR) is 86.3 cm³/mol. The van der Waals surface area contributed by atoms with Crippen molar-refractivity contribution in [2.75, 3.05) is 13.1 Å². The quantitative estimate of drug-likeness (QED) is 0.753. The number of nitrogens with one attached hydrogen (secondary N) is 2. The first-order valence-corrected chi connectivity index (χ1v) is 9.86. The highest BCUT2D eigenvalue weighted by molar-refractivity contribution is 7.87. The van der Waals surface area contributed by atoms with E-state index in [0.717, 1.165) is 38.6 Å². The normalized spacial score (nSPS) is 26.8. The number of rotatable bonds is 7. The van der Waals surface area contributed by atoms with Crippen molar-refractivity contribution >= 4 is 10.2 Å². The lowest BCUT2D eigenvalue weighted by Gasteiger charge is -2.38. The molecule has 0 spiro atoms. The molecule has 0 amide bonds. The lowest BCUT2D eigenvalue weighted by Crippen LogP contribution is -2.55. The van der Waals surface area contributed by atoms with E-state index in [9.17, 15) is 8.42 Å². The summed E-state index contributed by atoms with van der Waals surface area (Å²) in [5.74, 6) is 0.525. The van der Waals surface area contributed by atoms with Crippen LogP contribution in [0.25, 0.3) is 0 Å². The van der Waals surface area contributed by atoms with Crippen molar-refractivity contribution in [2.45, 2.75) is 77.4 Å². The lowest BCUT2D eigenvalue weighted by molar-refractivity contribution is 0.226. The molecule has 0 aromatic heterocycles. The van der Waals surface area contributed by atoms with Crippen molar-refractivity contribution in [3.63, 3.8) is 0 Å². The highest BCUT2D eigenvalue weighted by Crippen LogP contribution is 2.30. The fraction of sp³-hybridized carbons (Fsp3) is 1.00. The van der Waals surface area contributed by atoms with Gasteiger partial charge in [0.15, 0.2) is 0 Å². The summed E-state index contributed by atoms with van der Waals surface area (Å²) in [6, 6.07) is 0.537. The van der Waals surface area contributed by atoms with Crippen molar-refractivity contribution in [3.05, 3.63) is 0 Å². The first kappa shape index (κ1) is 17.2. The van der Waals surface area contributed by atoms with Crippen LogP contribution < -0.4 is 10.0 Å². The van der Waals surface area contributed by atoms with Gasteiger partial charge in [0.1, 0.15) is 0 Å². The van der Waals surface area contributed by atoms with Gasteiger partial charge in [-0.25, -0.2) is 0 Å². The van der Waals surface area contributed by atoms with E-state index in [2.05, 4.69) is 23.9 Å². The summed E-state index contributed by atoms with van der Waals surface area (Å²) in [6.07, 6.45) is 6.59. The van der Waals surface area contributed by atoms with Gasteiger partial charge in [-0.2, -0.15) is 17.4 Å². The van der Waals surface area contributed by atoms with Crippen LogP contribution in [0.1, 0.15) is 59.3 Å². The highest BCUT2D eigenvalue weighted by Gasteiger charge is 2.35. The van der Waals surface area contributed by atoms with Crippen LogP contribution in [0, 0.1) is 5.92 Å². The van der Waals surface area contributed by atoms with E-state index in [1.54, 1.807) is 4.31 Å². The second kappa shape index (κ2) is 7.40. The molecule has 0 bridgehead atoms. The topological polar surface area (TPSA) is 61.4 Å². The van der Waals surface area contributed by atoms with Crippen molar-refractivity contribution in [1.29, 1.82) is 0 Å². The van der Waals surface area contributed by atoms with Crippen LogP contribution in [0.4, 0.5) is 0 Å². The first-order chi connectivity index (χ1) is 9.90. The van der Waals surface area contributed by atoms with Gasteiger partial charge >= 0.3 is 0 Å². The van der Waals surface area contributed by atoms with Gasteiger partial charge in [0.2, 0.25) is 0 Å². The molecule has 124 valence electrons. The maximum atomic E-state index is 12.7. The van der Waals surface area contributed by atoms with Crippen LogP contribution in [0.2, 0.25) is 0 Å². The molecule has 1 aliphatic heterocycles. The Bertz CT molecular complexity index is 421. The van der Waals surface area contributed by atoms with Crippen LogP contribution in [0.15, 0.2) is 0 Å². The second-order valence-corrected chi connectivity index (χ2v) is 8.58. The van der Waals surface area contributed by atoms with Crippen LogP contribution in [0.5, 0.6) is 0 Å². The molecule has 2 unspecified atom stereocenters. The Hall–Kier alpha value is -0.170. The number of hydrogen-bond acceptors (Lipinski definition) is 3. The Morgan fingerprint density at radius 1 is 1.10 bits per heavy atom. The fourth-order valence-corrected chi connectivity index (χ4v) is 4.94. The van der Waals surface area contributed by atoms with Crippen LogP contribution >= 0.6 is 0 Å². The summed E-state index contributed by atoms with van der Waals surface area (Å²) >= 11 is 0. The molecular weight excluding hydrogens is 286 g/mol. The minimum atomic E-state index is -3.36. The number of hydrogen-bond donors (Lipinski definition) is 2. The molecule has 1 saturated heterocycles. The SMILES string of the molecule is CC(C)NCC1CCCCN1S(=O)(=O)NC(C)C1CCC1. The lowest BCUT2D eigenvalue weighted by atomic mass is 9.81. The van der Waals surface area contributed by atoms with Gasteiger partial charge in [0.05, 0.1) is 0 Å². The molecule has 2 atom stereocenters. The van der Waals surface area contributed by atoms with Crippen molar-refractivity contribution in [1.82, 2.24) is 14.3 Å².